The molecule has 0 N–H and O–H groups in total. The first-order chi connectivity index (χ1) is 5.73. The average molecular weight is 160 g/mol. The molecular weight excluding hydrogens is 155 g/mol. The molecule has 0 saturated heterocycles. The fourth-order valence-corrected chi connectivity index (χ4v) is 0.822. The Kier molecular flexibility index (Phi) is 2.07. The van der Waals surface area contributed by atoms with E-state index in [0.717, 1.165) is 0 Å². The standard InChI is InChI=1S/C9H5FN2/c10-9(6-11,7-12)8-4-2-1-3-5-8/h1-5H. The first kappa shape index (κ1) is 8.23. The van der Waals surface area contributed by atoms with E-state index in [0.29, 0.717) is 0 Å². The van der Waals surface area contributed by atoms with Crippen LogP contribution in [0, 0.1) is 22.7 Å². The van der Waals surface area contributed by atoms with Crippen LogP contribution >= 0.6 is 0 Å². The maximum atomic E-state index is 13.3. The molecule has 0 saturated carbocycles. The molecule has 1 aromatic rings. The summed E-state index contributed by atoms with van der Waals surface area (Å²) in [6.07, 6.45) is 0. The molecule has 0 aliphatic heterocycles. The van der Waals surface area contributed by atoms with E-state index in [9.17, 15) is 4.39 Å². The Hall–Kier alpha value is -1.87. The molecule has 0 radical (unpaired) electrons. The molecule has 1 rings (SSSR count). The molecule has 12 heavy (non-hydrogen) atoms. The number of halogens is 1. The molecule has 0 amide bonds. The van der Waals surface area contributed by atoms with Gasteiger partial charge in [-0.25, -0.2) is 4.39 Å². The van der Waals surface area contributed by atoms with Crippen molar-refractivity contribution in [2.45, 2.75) is 5.67 Å². The number of alkyl halides is 1. The molecule has 1 aromatic carbocycles. The van der Waals surface area contributed by atoms with Gasteiger partial charge in [0.15, 0.2) is 0 Å². The van der Waals surface area contributed by atoms with Gasteiger partial charge in [-0.3, -0.25) is 0 Å². The summed E-state index contributed by atoms with van der Waals surface area (Å²) in [4.78, 5) is 0. The van der Waals surface area contributed by atoms with E-state index in [1.54, 1.807) is 18.2 Å². The highest BCUT2D eigenvalue weighted by Crippen LogP contribution is 2.23. The van der Waals surface area contributed by atoms with Crippen molar-refractivity contribution < 1.29 is 4.39 Å². The van der Waals surface area contributed by atoms with E-state index in [-0.39, 0.29) is 5.56 Å². The Morgan fingerprint density at radius 1 is 1.08 bits per heavy atom. The quantitative estimate of drug-likeness (QED) is 0.629. The highest BCUT2D eigenvalue weighted by molar-refractivity contribution is 5.35. The number of benzene rings is 1. The summed E-state index contributed by atoms with van der Waals surface area (Å²) < 4.78 is 13.3. The minimum Gasteiger partial charge on any atom is -0.205 e. The van der Waals surface area contributed by atoms with Crippen molar-refractivity contribution in [2.24, 2.45) is 0 Å². The summed E-state index contributed by atoms with van der Waals surface area (Å²) in [5.74, 6) is 0. The third-order valence-corrected chi connectivity index (χ3v) is 1.48. The maximum Gasteiger partial charge on any atom is 0.305 e. The van der Waals surface area contributed by atoms with Gasteiger partial charge in [0, 0.05) is 5.56 Å². The first-order valence-corrected chi connectivity index (χ1v) is 3.30. The van der Waals surface area contributed by atoms with Crippen LogP contribution in [0.1, 0.15) is 5.56 Å². The van der Waals surface area contributed by atoms with Crippen LogP contribution in [0.4, 0.5) is 4.39 Å². The monoisotopic (exact) mass is 160 g/mol. The van der Waals surface area contributed by atoms with Gasteiger partial charge in [-0.05, 0) is 0 Å². The molecule has 0 atom stereocenters. The van der Waals surface area contributed by atoms with Gasteiger partial charge < -0.3 is 0 Å². The Bertz CT molecular complexity index is 331. The van der Waals surface area contributed by atoms with E-state index < -0.39 is 5.67 Å². The van der Waals surface area contributed by atoms with Gasteiger partial charge in [-0.15, -0.1) is 0 Å². The SMILES string of the molecule is N#CC(F)(C#N)c1ccccc1. The zero-order valence-electron chi connectivity index (χ0n) is 6.16. The van der Waals surface area contributed by atoms with Crippen LogP contribution in [-0.2, 0) is 5.67 Å². The lowest BCUT2D eigenvalue weighted by molar-refractivity contribution is 0.327. The highest BCUT2D eigenvalue weighted by atomic mass is 19.1. The normalized spacial score (nSPS) is 9.92. The number of hydrogen-bond acceptors (Lipinski definition) is 2. The molecule has 58 valence electrons. The molecule has 0 fully saturated rings. The number of hydrogen-bond donors (Lipinski definition) is 0. The summed E-state index contributed by atoms with van der Waals surface area (Å²) in [6, 6.07) is 10.3. The summed E-state index contributed by atoms with van der Waals surface area (Å²) in [6.45, 7) is 0. The molecule has 3 heteroatoms. The topological polar surface area (TPSA) is 47.6 Å². The summed E-state index contributed by atoms with van der Waals surface area (Å²) in [5, 5.41) is 16.8. The Labute approximate surface area is 69.5 Å². The summed E-state index contributed by atoms with van der Waals surface area (Å²) >= 11 is 0. The minimum absolute atomic E-state index is 0.0787. The van der Waals surface area contributed by atoms with Crippen LogP contribution in [0.5, 0.6) is 0 Å². The number of nitriles is 2. The second-order valence-electron chi connectivity index (χ2n) is 2.25. The lowest BCUT2D eigenvalue weighted by Crippen LogP contribution is -2.13. The zero-order chi connectivity index (χ0) is 9.03. The molecule has 0 heterocycles. The van der Waals surface area contributed by atoms with E-state index in [4.69, 9.17) is 10.5 Å². The lowest BCUT2D eigenvalue weighted by Gasteiger charge is -2.06. The van der Waals surface area contributed by atoms with Gasteiger partial charge in [0.1, 0.15) is 12.1 Å². The van der Waals surface area contributed by atoms with E-state index in [2.05, 4.69) is 0 Å². The van der Waals surface area contributed by atoms with Gasteiger partial charge in [0.2, 0.25) is 0 Å². The van der Waals surface area contributed by atoms with Crippen molar-refractivity contribution in [3.05, 3.63) is 35.9 Å². The predicted molar refractivity (Wildman–Crippen MR) is 40.5 cm³/mol. The minimum atomic E-state index is -2.51. The van der Waals surface area contributed by atoms with Crippen LogP contribution < -0.4 is 0 Å². The first-order valence-electron chi connectivity index (χ1n) is 3.30. The maximum absolute atomic E-state index is 13.3. The van der Waals surface area contributed by atoms with Crippen molar-refractivity contribution in [2.75, 3.05) is 0 Å². The molecule has 0 aliphatic rings. The molecule has 0 bridgehead atoms. The second-order valence-corrected chi connectivity index (χ2v) is 2.25. The zero-order valence-corrected chi connectivity index (χ0v) is 6.16. The van der Waals surface area contributed by atoms with Gasteiger partial charge in [0.05, 0.1) is 0 Å². The lowest BCUT2D eigenvalue weighted by atomic mass is 9.99. The van der Waals surface area contributed by atoms with Gasteiger partial charge in [-0.2, -0.15) is 10.5 Å². The van der Waals surface area contributed by atoms with Gasteiger partial charge in [-0.1, -0.05) is 30.3 Å². The Morgan fingerprint density at radius 3 is 2.00 bits per heavy atom. The second kappa shape index (κ2) is 3.02. The molecule has 2 nitrogen and oxygen atoms in total. The summed E-state index contributed by atoms with van der Waals surface area (Å²) in [7, 11) is 0. The van der Waals surface area contributed by atoms with E-state index >= 15 is 0 Å². The molecule has 0 unspecified atom stereocenters. The van der Waals surface area contributed by atoms with Gasteiger partial charge >= 0.3 is 5.67 Å². The van der Waals surface area contributed by atoms with Crippen molar-refractivity contribution in [3.8, 4) is 12.1 Å². The largest absolute Gasteiger partial charge is 0.305 e. The van der Waals surface area contributed by atoms with Crippen molar-refractivity contribution >= 4 is 0 Å². The smallest absolute Gasteiger partial charge is 0.205 e. The Morgan fingerprint density at radius 2 is 1.58 bits per heavy atom. The van der Waals surface area contributed by atoms with Crippen LogP contribution in [0.25, 0.3) is 0 Å². The Balaban J connectivity index is 3.17. The van der Waals surface area contributed by atoms with Crippen molar-refractivity contribution in [1.29, 1.82) is 10.5 Å². The van der Waals surface area contributed by atoms with Crippen LogP contribution in [0.3, 0.4) is 0 Å². The molecule has 0 aliphatic carbocycles. The summed E-state index contributed by atoms with van der Waals surface area (Å²) in [5.41, 5.74) is -2.43. The fourth-order valence-electron chi connectivity index (χ4n) is 0.822. The highest BCUT2D eigenvalue weighted by Gasteiger charge is 2.31. The van der Waals surface area contributed by atoms with Gasteiger partial charge in [0.25, 0.3) is 0 Å². The number of nitrogens with zero attached hydrogens (tertiary/aromatic N) is 2. The van der Waals surface area contributed by atoms with Crippen molar-refractivity contribution in [1.82, 2.24) is 0 Å². The van der Waals surface area contributed by atoms with E-state index in [1.165, 1.54) is 24.3 Å². The average Bonchev–Trinajstić information content (AvgIpc) is 2.18. The third-order valence-electron chi connectivity index (χ3n) is 1.48. The van der Waals surface area contributed by atoms with Crippen molar-refractivity contribution in [3.63, 3.8) is 0 Å². The van der Waals surface area contributed by atoms with E-state index in [1.807, 2.05) is 0 Å². The fraction of sp³-hybridized carbons (Fsp3) is 0.111. The third kappa shape index (κ3) is 1.26. The molecular formula is C9H5FN2. The molecule has 0 spiro atoms. The molecule has 0 aromatic heterocycles. The van der Waals surface area contributed by atoms with Crippen LogP contribution in [0.15, 0.2) is 30.3 Å². The van der Waals surface area contributed by atoms with Crippen LogP contribution in [0.2, 0.25) is 0 Å². The van der Waals surface area contributed by atoms with Crippen LogP contribution in [-0.4, -0.2) is 0 Å². The number of rotatable bonds is 1. The predicted octanol–water partition coefficient (Wildman–Crippen LogP) is 1.90.